The zero-order chi connectivity index (χ0) is 24.5. The number of nitrogens with one attached hydrogen (secondary N) is 1. The van der Waals surface area contributed by atoms with Crippen LogP contribution in [0.3, 0.4) is 0 Å². The molecular formula is C28H28N4O3. The maximum absolute atomic E-state index is 12.6. The summed E-state index contributed by atoms with van der Waals surface area (Å²) in [6, 6.07) is 26.4. The molecule has 178 valence electrons. The molecule has 0 unspecified atom stereocenters. The number of rotatable bonds is 10. The Labute approximate surface area is 205 Å². The highest BCUT2D eigenvalue weighted by Crippen LogP contribution is 2.23. The molecule has 0 aliphatic heterocycles. The molecule has 4 aromatic rings. The van der Waals surface area contributed by atoms with Gasteiger partial charge in [0.1, 0.15) is 30.5 Å². The first-order valence-corrected chi connectivity index (χ1v) is 11.5. The molecule has 0 aliphatic rings. The number of benzene rings is 3. The van der Waals surface area contributed by atoms with Crippen LogP contribution in [0.5, 0.6) is 5.75 Å². The third-order valence-electron chi connectivity index (χ3n) is 5.38. The van der Waals surface area contributed by atoms with E-state index in [1.807, 2.05) is 84.9 Å². The lowest BCUT2D eigenvalue weighted by Crippen LogP contribution is -2.34. The summed E-state index contributed by atoms with van der Waals surface area (Å²) in [5, 5.41) is 3.21. The topological polar surface area (TPSA) is 99.4 Å². The molecule has 7 heteroatoms. The van der Waals surface area contributed by atoms with Crippen molar-refractivity contribution >= 4 is 17.5 Å². The van der Waals surface area contributed by atoms with Crippen molar-refractivity contribution in [1.82, 2.24) is 9.97 Å². The van der Waals surface area contributed by atoms with Crippen LogP contribution in [0, 0.1) is 0 Å². The summed E-state index contributed by atoms with van der Waals surface area (Å²) in [6.07, 6.45) is 1.91. The molecule has 0 spiro atoms. The van der Waals surface area contributed by atoms with Gasteiger partial charge in [0.2, 0.25) is 0 Å². The van der Waals surface area contributed by atoms with E-state index >= 15 is 0 Å². The molecule has 0 radical (unpaired) electrons. The Morgan fingerprint density at radius 1 is 0.943 bits per heavy atom. The number of esters is 1. The number of ether oxygens (including phenoxy) is 2. The third-order valence-corrected chi connectivity index (χ3v) is 5.38. The van der Waals surface area contributed by atoms with Crippen molar-refractivity contribution in [2.75, 3.05) is 17.7 Å². The molecule has 0 amide bonds. The summed E-state index contributed by atoms with van der Waals surface area (Å²) in [6.45, 7) is 2.59. The molecule has 7 nitrogen and oxygen atoms in total. The van der Waals surface area contributed by atoms with Gasteiger partial charge < -0.3 is 20.5 Å². The van der Waals surface area contributed by atoms with Crippen LogP contribution < -0.4 is 15.8 Å². The van der Waals surface area contributed by atoms with E-state index in [9.17, 15) is 4.79 Å². The van der Waals surface area contributed by atoms with Crippen molar-refractivity contribution in [3.8, 4) is 17.0 Å². The van der Waals surface area contributed by atoms with Gasteiger partial charge in [-0.05, 0) is 54.4 Å². The summed E-state index contributed by atoms with van der Waals surface area (Å²) in [5.41, 5.74) is 10.2. The fourth-order valence-electron chi connectivity index (χ4n) is 3.56. The number of anilines is 2. The minimum absolute atomic E-state index is 0.298. The van der Waals surface area contributed by atoms with Gasteiger partial charge in [0.25, 0.3) is 0 Å². The minimum atomic E-state index is -0.602. The molecule has 0 saturated carbocycles. The summed E-state index contributed by atoms with van der Waals surface area (Å²) in [5.74, 6) is 0.966. The highest BCUT2D eigenvalue weighted by molar-refractivity contribution is 5.79. The molecule has 3 aromatic carbocycles. The standard InChI is InChI=1S/C28H28N4O3/c1-2-34-28(33)26(16-20-8-12-23(29)13-9-20)32-27-17-25(30-19-31-27)22-10-14-24(15-11-22)35-18-21-6-4-3-5-7-21/h3-15,17,19,26H,2,16,18,29H2,1H3,(H,30,31,32)/t26-/m0/s1. The van der Waals surface area contributed by atoms with Gasteiger partial charge in [-0.15, -0.1) is 0 Å². The van der Waals surface area contributed by atoms with Crippen LogP contribution in [0.4, 0.5) is 11.5 Å². The first kappa shape index (κ1) is 23.8. The molecule has 0 fully saturated rings. The number of nitrogen functional groups attached to an aromatic ring is 1. The largest absolute Gasteiger partial charge is 0.489 e. The normalized spacial score (nSPS) is 11.5. The Balaban J connectivity index is 1.45. The second-order valence-electron chi connectivity index (χ2n) is 7.98. The number of carbonyl (C=O) groups excluding carboxylic acids is 1. The minimum Gasteiger partial charge on any atom is -0.489 e. The van der Waals surface area contributed by atoms with Gasteiger partial charge in [0, 0.05) is 23.7 Å². The molecule has 1 atom stereocenters. The Hall–Kier alpha value is -4.39. The second-order valence-corrected chi connectivity index (χ2v) is 7.98. The number of nitrogens with zero attached hydrogens (tertiary/aromatic N) is 2. The van der Waals surface area contributed by atoms with E-state index in [-0.39, 0.29) is 5.97 Å². The molecule has 4 rings (SSSR count). The van der Waals surface area contributed by atoms with Crippen LogP contribution in [0.1, 0.15) is 18.1 Å². The lowest BCUT2D eigenvalue weighted by molar-refractivity contribution is -0.144. The average Bonchev–Trinajstić information content (AvgIpc) is 2.89. The van der Waals surface area contributed by atoms with E-state index in [4.69, 9.17) is 15.2 Å². The zero-order valence-electron chi connectivity index (χ0n) is 19.6. The molecule has 0 bridgehead atoms. The number of nitrogens with two attached hydrogens (primary N) is 1. The van der Waals surface area contributed by atoms with Gasteiger partial charge in [-0.2, -0.15) is 0 Å². The SMILES string of the molecule is CCOC(=O)[C@H](Cc1ccc(N)cc1)Nc1cc(-c2ccc(OCc3ccccc3)cc2)ncn1. The predicted octanol–water partition coefficient (Wildman–Crippen LogP) is 4.89. The quantitative estimate of drug-likeness (QED) is 0.252. The predicted molar refractivity (Wildman–Crippen MR) is 137 cm³/mol. The Bertz CT molecular complexity index is 1230. The van der Waals surface area contributed by atoms with Crippen molar-refractivity contribution in [3.05, 3.63) is 102 Å². The smallest absolute Gasteiger partial charge is 0.328 e. The number of hydrogen-bond donors (Lipinski definition) is 2. The van der Waals surface area contributed by atoms with Crippen LogP contribution in [0.2, 0.25) is 0 Å². The van der Waals surface area contributed by atoms with Crippen LogP contribution in [-0.2, 0) is 22.6 Å². The molecule has 1 heterocycles. The molecule has 35 heavy (non-hydrogen) atoms. The molecular weight excluding hydrogens is 440 g/mol. The maximum Gasteiger partial charge on any atom is 0.328 e. The second kappa shape index (κ2) is 11.7. The highest BCUT2D eigenvalue weighted by atomic mass is 16.5. The van der Waals surface area contributed by atoms with E-state index in [0.717, 1.165) is 28.1 Å². The first-order chi connectivity index (χ1) is 17.1. The van der Waals surface area contributed by atoms with Crippen molar-refractivity contribution in [3.63, 3.8) is 0 Å². The number of aromatic nitrogens is 2. The summed E-state index contributed by atoms with van der Waals surface area (Å²) in [4.78, 5) is 21.3. The molecule has 3 N–H and O–H groups in total. The number of hydrogen-bond acceptors (Lipinski definition) is 7. The van der Waals surface area contributed by atoms with E-state index < -0.39 is 6.04 Å². The number of carbonyl (C=O) groups is 1. The Kier molecular flexibility index (Phi) is 7.91. The zero-order valence-corrected chi connectivity index (χ0v) is 19.6. The van der Waals surface area contributed by atoms with Gasteiger partial charge in [-0.3, -0.25) is 0 Å². The lowest BCUT2D eigenvalue weighted by Gasteiger charge is -2.18. The summed E-state index contributed by atoms with van der Waals surface area (Å²) < 4.78 is 11.1. The highest BCUT2D eigenvalue weighted by Gasteiger charge is 2.21. The van der Waals surface area contributed by atoms with Crippen LogP contribution in [-0.4, -0.2) is 28.6 Å². The summed E-state index contributed by atoms with van der Waals surface area (Å²) in [7, 11) is 0. The van der Waals surface area contributed by atoms with Crippen LogP contribution >= 0.6 is 0 Å². The summed E-state index contributed by atoms with van der Waals surface area (Å²) >= 11 is 0. The average molecular weight is 469 g/mol. The van der Waals surface area contributed by atoms with E-state index in [0.29, 0.717) is 31.1 Å². The van der Waals surface area contributed by atoms with Crippen LogP contribution in [0.25, 0.3) is 11.3 Å². The van der Waals surface area contributed by atoms with Crippen molar-refractivity contribution in [2.45, 2.75) is 26.0 Å². The Morgan fingerprint density at radius 2 is 1.69 bits per heavy atom. The fraction of sp³-hybridized carbons (Fsp3) is 0.179. The lowest BCUT2D eigenvalue weighted by atomic mass is 10.1. The Morgan fingerprint density at radius 3 is 2.40 bits per heavy atom. The molecule has 0 aliphatic carbocycles. The fourth-order valence-corrected chi connectivity index (χ4v) is 3.56. The van der Waals surface area contributed by atoms with Gasteiger partial charge in [0.15, 0.2) is 0 Å². The monoisotopic (exact) mass is 468 g/mol. The van der Waals surface area contributed by atoms with Crippen molar-refractivity contribution in [1.29, 1.82) is 0 Å². The van der Waals surface area contributed by atoms with Crippen molar-refractivity contribution in [2.24, 2.45) is 0 Å². The van der Waals surface area contributed by atoms with Gasteiger partial charge in [0.05, 0.1) is 12.3 Å². The maximum atomic E-state index is 12.6. The molecule has 1 aromatic heterocycles. The first-order valence-electron chi connectivity index (χ1n) is 11.5. The van der Waals surface area contributed by atoms with E-state index in [1.165, 1.54) is 6.33 Å². The van der Waals surface area contributed by atoms with E-state index in [2.05, 4.69) is 15.3 Å². The van der Waals surface area contributed by atoms with Gasteiger partial charge in [-0.1, -0.05) is 42.5 Å². The van der Waals surface area contributed by atoms with Gasteiger partial charge >= 0.3 is 5.97 Å². The molecule has 0 saturated heterocycles. The third kappa shape index (κ3) is 6.80. The van der Waals surface area contributed by atoms with Crippen LogP contribution in [0.15, 0.2) is 91.3 Å². The van der Waals surface area contributed by atoms with E-state index in [1.54, 1.807) is 6.92 Å². The van der Waals surface area contributed by atoms with Crippen molar-refractivity contribution < 1.29 is 14.3 Å². The van der Waals surface area contributed by atoms with Gasteiger partial charge in [-0.25, -0.2) is 14.8 Å².